The Labute approximate surface area is 124 Å². The molecule has 0 aliphatic rings. The molecular weight excluding hydrogens is 300 g/mol. The van der Waals surface area contributed by atoms with Gasteiger partial charge in [-0.2, -0.15) is 0 Å². The van der Waals surface area contributed by atoms with Gasteiger partial charge in [0.2, 0.25) is 0 Å². The smallest absolute Gasteiger partial charge is 0.306 e. The molecule has 0 radical (unpaired) electrons. The standard InChI is InChI=1S/C14H13ClO4S/c1-7(14(17)18)3-11(16)13-6-9-10(15)4-8(19-2)5-12(9)20-13/h4-7H,3H2,1-2H3,(H,17,18)/t7-/m0/s1. The van der Waals surface area contributed by atoms with Crippen molar-refractivity contribution >= 4 is 44.8 Å². The summed E-state index contributed by atoms with van der Waals surface area (Å²) >= 11 is 7.43. The molecule has 2 rings (SSSR count). The molecule has 4 nitrogen and oxygen atoms in total. The molecule has 0 spiro atoms. The van der Waals surface area contributed by atoms with Crippen molar-refractivity contribution in [1.82, 2.24) is 0 Å². The van der Waals surface area contributed by atoms with E-state index in [0.717, 1.165) is 10.1 Å². The number of rotatable bonds is 5. The van der Waals surface area contributed by atoms with Crippen molar-refractivity contribution in [2.75, 3.05) is 7.11 Å². The van der Waals surface area contributed by atoms with Crippen LogP contribution in [0, 0.1) is 5.92 Å². The number of carboxylic acids is 1. The van der Waals surface area contributed by atoms with Gasteiger partial charge in [0.25, 0.3) is 0 Å². The van der Waals surface area contributed by atoms with Crippen LogP contribution in [0.5, 0.6) is 5.75 Å². The van der Waals surface area contributed by atoms with Crippen LogP contribution in [0.15, 0.2) is 18.2 Å². The normalized spacial score (nSPS) is 12.3. The van der Waals surface area contributed by atoms with E-state index in [0.29, 0.717) is 15.6 Å². The quantitative estimate of drug-likeness (QED) is 0.852. The Bertz CT molecular complexity index is 677. The minimum atomic E-state index is -0.973. The summed E-state index contributed by atoms with van der Waals surface area (Å²) in [5.74, 6) is -1.23. The third kappa shape index (κ3) is 2.94. The number of carboxylic acid groups (broad SMARTS) is 1. The zero-order valence-electron chi connectivity index (χ0n) is 11.0. The maximum Gasteiger partial charge on any atom is 0.306 e. The molecule has 1 N–H and O–H groups in total. The fourth-order valence-corrected chi connectivity index (χ4v) is 3.18. The van der Waals surface area contributed by atoms with E-state index in [1.807, 2.05) is 6.07 Å². The molecule has 0 bridgehead atoms. The van der Waals surface area contributed by atoms with E-state index in [9.17, 15) is 9.59 Å². The molecular formula is C14H13ClO4S. The van der Waals surface area contributed by atoms with Crippen molar-refractivity contribution in [3.63, 3.8) is 0 Å². The monoisotopic (exact) mass is 312 g/mol. The van der Waals surface area contributed by atoms with Crippen LogP contribution in [0.4, 0.5) is 0 Å². The van der Waals surface area contributed by atoms with E-state index in [1.54, 1.807) is 19.2 Å². The van der Waals surface area contributed by atoms with Crippen molar-refractivity contribution in [2.24, 2.45) is 5.92 Å². The minimum Gasteiger partial charge on any atom is -0.497 e. The minimum absolute atomic E-state index is 0.0170. The van der Waals surface area contributed by atoms with Crippen LogP contribution in [0.1, 0.15) is 23.0 Å². The summed E-state index contributed by atoms with van der Waals surface area (Å²) in [7, 11) is 1.55. The molecule has 0 aliphatic heterocycles. The van der Waals surface area contributed by atoms with Gasteiger partial charge >= 0.3 is 5.97 Å². The van der Waals surface area contributed by atoms with Crippen LogP contribution in [0.3, 0.4) is 0 Å². The number of ketones is 1. The van der Waals surface area contributed by atoms with E-state index in [4.69, 9.17) is 21.4 Å². The van der Waals surface area contributed by atoms with Crippen molar-refractivity contribution in [3.05, 3.63) is 28.1 Å². The summed E-state index contributed by atoms with van der Waals surface area (Å²) in [5, 5.41) is 10.1. The number of carbonyl (C=O) groups excluding carboxylic acids is 1. The highest BCUT2D eigenvalue weighted by Crippen LogP contribution is 2.35. The lowest BCUT2D eigenvalue weighted by atomic mass is 10.0. The molecule has 1 heterocycles. The van der Waals surface area contributed by atoms with E-state index in [-0.39, 0.29) is 12.2 Å². The van der Waals surface area contributed by atoms with Gasteiger partial charge in [0, 0.05) is 16.5 Å². The van der Waals surface area contributed by atoms with Crippen molar-refractivity contribution < 1.29 is 19.4 Å². The van der Waals surface area contributed by atoms with Gasteiger partial charge in [0.15, 0.2) is 5.78 Å². The molecule has 20 heavy (non-hydrogen) atoms. The van der Waals surface area contributed by atoms with Gasteiger partial charge in [0.05, 0.1) is 22.9 Å². The summed E-state index contributed by atoms with van der Waals surface area (Å²) < 4.78 is 5.98. The molecule has 0 unspecified atom stereocenters. The van der Waals surface area contributed by atoms with Gasteiger partial charge in [-0.3, -0.25) is 9.59 Å². The number of carbonyl (C=O) groups is 2. The first-order valence-electron chi connectivity index (χ1n) is 5.95. The zero-order valence-corrected chi connectivity index (χ0v) is 12.5. The van der Waals surface area contributed by atoms with Crippen molar-refractivity contribution in [2.45, 2.75) is 13.3 Å². The molecule has 0 saturated carbocycles. The predicted molar refractivity (Wildman–Crippen MR) is 79.1 cm³/mol. The van der Waals surface area contributed by atoms with Gasteiger partial charge in [-0.15, -0.1) is 11.3 Å². The number of halogens is 1. The highest BCUT2D eigenvalue weighted by molar-refractivity contribution is 7.21. The summed E-state index contributed by atoms with van der Waals surface area (Å²) in [6.07, 6.45) is -0.0170. The Hall–Kier alpha value is -1.59. The summed E-state index contributed by atoms with van der Waals surface area (Å²) in [4.78, 5) is 23.4. The molecule has 6 heteroatoms. The molecule has 1 atom stereocenters. The Morgan fingerprint density at radius 2 is 2.10 bits per heavy atom. The topological polar surface area (TPSA) is 63.6 Å². The predicted octanol–water partition coefficient (Wildman–Crippen LogP) is 3.86. The third-order valence-corrected chi connectivity index (χ3v) is 4.42. The number of hydrogen-bond acceptors (Lipinski definition) is 4. The van der Waals surface area contributed by atoms with E-state index in [2.05, 4.69) is 0 Å². The van der Waals surface area contributed by atoms with Gasteiger partial charge in [-0.25, -0.2) is 0 Å². The molecule has 1 aromatic heterocycles. The largest absolute Gasteiger partial charge is 0.497 e. The second-order valence-corrected chi connectivity index (χ2v) is 5.99. The van der Waals surface area contributed by atoms with Gasteiger partial charge in [0.1, 0.15) is 5.75 Å². The van der Waals surface area contributed by atoms with E-state index >= 15 is 0 Å². The SMILES string of the molecule is COc1cc(Cl)c2cc(C(=O)C[C@H](C)C(=O)O)sc2c1. The Morgan fingerprint density at radius 3 is 2.70 bits per heavy atom. The maximum absolute atomic E-state index is 12.1. The number of benzene rings is 1. The molecule has 2 aromatic rings. The number of thiophene rings is 1. The van der Waals surface area contributed by atoms with E-state index in [1.165, 1.54) is 18.3 Å². The van der Waals surface area contributed by atoms with Crippen molar-refractivity contribution in [1.29, 1.82) is 0 Å². The van der Waals surface area contributed by atoms with Crippen LogP contribution in [0.25, 0.3) is 10.1 Å². The van der Waals surface area contributed by atoms with Gasteiger partial charge in [-0.05, 0) is 18.2 Å². The number of ether oxygens (including phenoxy) is 1. The lowest BCUT2D eigenvalue weighted by Gasteiger charge is -2.02. The second kappa shape index (κ2) is 5.81. The van der Waals surface area contributed by atoms with Crippen LogP contribution >= 0.6 is 22.9 Å². The molecule has 0 amide bonds. The Balaban J connectivity index is 2.34. The van der Waals surface area contributed by atoms with Gasteiger partial charge < -0.3 is 9.84 Å². The average Bonchev–Trinajstić information content (AvgIpc) is 2.82. The zero-order chi connectivity index (χ0) is 14.9. The fourth-order valence-electron chi connectivity index (χ4n) is 1.79. The number of aliphatic carboxylic acids is 1. The molecule has 1 aromatic carbocycles. The number of methoxy groups -OCH3 is 1. The Morgan fingerprint density at radius 1 is 1.40 bits per heavy atom. The highest BCUT2D eigenvalue weighted by Gasteiger charge is 2.19. The first-order chi connectivity index (χ1) is 9.42. The first kappa shape index (κ1) is 14.8. The summed E-state index contributed by atoms with van der Waals surface area (Å²) in [6, 6.07) is 5.20. The highest BCUT2D eigenvalue weighted by atomic mass is 35.5. The molecule has 0 fully saturated rings. The van der Waals surface area contributed by atoms with E-state index < -0.39 is 11.9 Å². The van der Waals surface area contributed by atoms with Gasteiger partial charge in [-0.1, -0.05) is 18.5 Å². The molecule has 0 saturated heterocycles. The number of Topliss-reactive ketones (excluding diaryl/α,β-unsaturated/α-hetero) is 1. The number of hydrogen-bond donors (Lipinski definition) is 1. The summed E-state index contributed by atoms with van der Waals surface area (Å²) in [6.45, 7) is 1.52. The second-order valence-electron chi connectivity index (χ2n) is 4.50. The molecule has 106 valence electrons. The average molecular weight is 313 g/mol. The maximum atomic E-state index is 12.1. The van der Waals surface area contributed by atoms with Crippen LogP contribution in [0.2, 0.25) is 5.02 Å². The third-order valence-electron chi connectivity index (χ3n) is 2.98. The lowest BCUT2D eigenvalue weighted by Crippen LogP contribution is -2.13. The molecule has 0 aliphatic carbocycles. The lowest BCUT2D eigenvalue weighted by molar-refractivity contribution is -0.141. The Kier molecular flexibility index (Phi) is 4.30. The summed E-state index contributed by atoms with van der Waals surface area (Å²) in [5.41, 5.74) is 0. The number of fused-ring (bicyclic) bond motifs is 1. The first-order valence-corrected chi connectivity index (χ1v) is 7.15. The van der Waals surface area contributed by atoms with Crippen LogP contribution in [-0.2, 0) is 4.79 Å². The van der Waals surface area contributed by atoms with Crippen LogP contribution < -0.4 is 4.74 Å². The van der Waals surface area contributed by atoms with Crippen LogP contribution in [-0.4, -0.2) is 24.0 Å². The fraction of sp³-hybridized carbons (Fsp3) is 0.286. The van der Waals surface area contributed by atoms with Crippen molar-refractivity contribution in [3.8, 4) is 5.75 Å².